The summed E-state index contributed by atoms with van der Waals surface area (Å²) in [6.45, 7) is 2.62. The van der Waals surface area contributed by atoms with E-state index in [0.29, 0.717) is 35.4 Å². The molecule has 26 heavy (non-hydrogen) atoms. The quantitative estimate of drug-likeness (QED) is 0.840. The van der Waals surface area contributed by atoms with Crippen molar-refractivity contribution in [2.75, 3.05) is 24.3 Å². The van der Waals surface area contributed by atoms with Crippen molar-refractivity contribution in [3.8, 4) is 11.5 Å². The molecule has 0 fully saturated rings. The number of amides is 1. The third kappa shape index (κ3) is 4.28. The van der Waals surface area contributed by atoms with E-state index in [2.05, 4.69) is 5.32 Å². The predicted octanol–water partition coefficient (Wildman–Crippen LogP) is 3.22. The maximum absolute atomic E-state index is 12.5. The molecule has 1 aliphatic heterocycles. The number of fused-ring (bicyclic) bond motifs is 1. The molecule has 1 amide bonds. The number of carbonyl (C=O) groups excluding carboxylic acids is 1. The van der Waals surface area contributed by atoms with Crippen LogP contribution in [0.3, 0.4) is 0 Å². The first-order valence-corrected chi connectivity index (χ1v) is 10.1. The maximum atomic E-state index is 12.5. The molecule has 6 nitrogen and oxygen atoms in total. The molecule has 1 aliphatic rings. The first-order valence-electron chi connectivity index (χ1n) is 8.03. The lowest BCUT2D eigenvalue weighted by molar-refractivity contribution is -0.115. The van der Waals surface area contributed by atoms with E-state index < -0.39 is 9.84 Å². The molecule has 0 spiro atoms. The van der Waals surface area contributed by atoms with Crippen molar-refractivity contribution < 1.29 is 22.7 Å². The minimum Gasteiger partial charge on any atom is -0.486 e. The minimum atomic E-state index is -3.62. The zero-order valence-electron chi connectivity index (χ0n) is 14.1. The highest BCUT2D eigenvalue weighted by Gasteiger charge is 2.20. The molecule has 0 atom stereocenters. The van der Waals surface area contributed by atoms with Crippen LogP contribution in [0.5, 0.6) is 11.5 Å². The average molecular weight is 396 g/mol. The summed E-state index contributed by atoms with van der Waals surface area (Å²) in [5.74, 6) is 0.242. The number of benzene rings is 2. The highest BCUT2D eigenvalue weighted by molar-refractivity contribution is 7.91. The molecular formula is C18H18ClNO5S. The van der Waals surface area contributed by atoms with Gasteiger partial charge in [0.1, 0.15) is 13.2 Å². The van der Waals surface area contributed by atoms with E-state index in [9.17, 15) is 13.2 Å². The van der Waals surface area contributed by atoms with Crippen molar-refractivity contribution in [2.24, 2.45) is 0 Å². The first kappa shape index (κ1) is 18.5. The highest BCUT2D eigenvalue weighted by Crippen LogP contribution is 2.32. The zero-order chi connectivity index (χ0) is 18.7. The molecule has 0 radical (unpaired) electrons. The first-order chi connectivity index (χ1) is 12.3. The second kappa shape index (κ2) is 7.55. The molecule has 0 bridgehead atoms. The summed E-state index contributed by atoms with van der Waals surface area (Å²) in [4.78, 5) is 12.2. The summed E-state index contributed by atoms with van der Waals surface area (Å²) in [5.41, 5.74) is 1.41. The van der Waals surface area contributed by atoms with E-state index in [0.717, 1.165) is 5.56 Å². The van der Waals surface area contributed by atoms with Gasteiger partial charge in [0.2, 0.25) is 5.91 Å². The molecule has 138 valence electrons. The molecule has 0 saturated heterocycles. The van der Waals surface area contributed by atoms with Gasteiger partial charge in [0.15, 0.2) is 21.3 Å². The van der Waals surface area contributed by atoms with Crippen molar-refractivity contribution in [2.45, 2.75) is 18.2 Å². The number of halogens is 1. The highest BCUT2D eigenvalue weighted by atomic mass is 35.5. The lowest BCUT2D eigenvalue weighted by atomic mass is 10.2. The Balaban J connectivity index is 1.65. The van der Waals surface area contributed by atoms with E-state index in [1.54, 1.807) is 24.3 Å². The molecular weight excluding hydrogens is 378 g/mol. The molecule has 0 aliphatic carbocycles. The third-order valence-corrected chi connectivity index (χ3v) is 5.88. The molecule has 1 heterocycles. The SMILES string of the molecule is Cc1cc(Cl)ccc1NC(=O)CCS(=O)(=O)c1ccc2c(c1)OCCO2. The number of ether oxygens (including phenoxy) is 2. The van der Waals surface area contributed by atoms with Gasteiger partial charge in [-0.3, -0.25) is 4.79 Å². The lowest BCUT2D eigenvalue weighted by Crippen LogP contribution is -2.19. The van der Waals surface area contributed by atoms with Crippen LogP contribution < -0.4 is 14.8 Å². The van der Waals surface area contributed by atoms with Gasteiger partial charge in [-0.25, -0.2) is 8.42 Å². The Hall–Kier alpha value is -2.25. The predicted molar refractivity (Wildman–Crippen MR) is 98.9 cm³/mol. The summed E-state index contributed by atoms with van der Waals surface area (Å²) in [5, 5.41) is 3.28. The molecule has 1 N–H and O–H groups in total. The van der Waals surface area contributed by atoms with Crippen LogP contribution in [0.4, 0.5) is 5.69 Å². The van der Waals surface area contributed by atoms with Crippen molar-refractivity contribution in [1.82, 2.24) is 0 Å². The Kier molecular flexibility index (Phi) is 5.38. The molecule has 8 heteroatoms. The van der Waals surface area contributed by atoms with Crippen molar-refractivity contribution in [3.05, 3.63) is 47.0 Å². The Morgan fingerprint density at radius 2 is 1.85 bits per heavy atom. The molecule has 2 aromatic rings. The van der Waals surface area contributed by atoms with Crippen LogP contribution in [-0.4, -0.2) is 33.3 Å². The van der Waals surface area contributed by atoms with Crippen molar-refractivity contribution >= 4 is 33.0 Å². The number of hydrogen-bond acceptors (Lipinski definition) is 5. The second-order valence-electron chi connectivity index (χ2n) is 5.88. The summed E-state index contributed by atoms with van der Waals surface area (Å²) in [6.07, 6.45) is -0.154. The number of hydrogen-bond donors (Lipinski definition) is 1. The summed E-state index contributed by atoms with van der Waals surface area (Å²) in [6, 6.07) is 9.54. The van der Waals surface area contributed by atoms with Gasteiger partial charge in [-0.05, 0) is 42.8 Å². The van der Waals surface area contributed by atoms with Crippen LogP contribution in [0.15, 0.2) is 41.3 Å². The van der Waals surface area contributed by atoms with Gasteiger partial charge in [0, 0.05) is 23.2 Å². The largest absolute Gasteiger partial charge is 0.486 e. The normalized spacial score (nSPS) is 13.3. The van der Waals surface area contributed by atoms with Gasteiger partial charge in [0.05, 0.1) is 10.6 Å². The van der Waals surface area contributed by atoms with Gasteiger partial charge in [0.25, 0.3) is 0 Å². The van der Waals surface area contributed by atoms with Gasteiger partial charge in [-0.2, -0.15) is 0 Å². The van der Waals surface area contributed by atoms with Crippen LogP contribution in [0.2, 0.25) is 5.02 Å². The summed E-state index contributed by atoms with van der Waals surface area (Å²) >= 11 is 5.88. The Morgan fingerprint density at radius 3 is 2.58 bits per heavy atom. The number of aryl methyl sites for hydroxylation is 1. The zero-order valence-corrected chi connectivity index (χ0v) is 15.7. The Labute approximate surface area is 157 Å². The van der Waals surface area contributed by atoms with E-state index in [-0.39, 0.29) is 23.0 Å². The van der Waals surface area contributed by atoms with E-state index in [4.69, 9.17) is 21.1 Å². The van der Waals surface area contributed by atoms with Crippen LogP contribution in [-0.2, 0) is 14.6 Å². The van der Waals surface area contributed by atoms with Crippen molar-refractivity contribution in [1.29, 1.82) is 0 Å². The molecule has 3 rings (SSSR count). The standard InChI is InChI=1S/C18H18ClNO5S/c1-12-10-13(19)2-4-15(12)20-18(21)6-9-26(22,23)14-3-5-16-17(11-14)25-8-7-24-16/h2-5,10-11H,6-9H2,1H3,(H,20,21). The average Bonchev–Trinajstić information content (AvgIpc) is 2.62. The second-order valence-corrected chi connectivity index (χ2v) is 8.43. The summed E-state index contributed by atoms with van der Waals surface area (Å²) in [7, 11) is -3.62. The third-order valence-electron chi connectivity index (χ3n) is 3.93. The summed E-state index contributed by atoms with van der Waals surface area (Å²) < 4.78 is 35.8. The number of rotatable bonds is 5. The topological polar surface area (TPSA) is 81.7 Å². The number of anilines is 1. The molecule has 2 aromatic carbocycles. The fourth-order valence-corrected chi connectivity index (χ4v) is 4.02. The molecule has 0 saturated carbocycles. The molecule has 0 unspecified atom stereocenters. The van der Waals surface area contributed by atoms with E-state index >= 15 is 0 Å². The van der Waals surface area contributed by atoms with Crippen molar-refractivity contribution in [3.63, 3.8) is 0 Å². The fraction of sp³-hybridized carbons (Fsp3) is 0.278. The van der Waals surface area contributed by atoms with Crippen LogP contribution in [0.1, 0.15) is 12.0 Å². The van der Waals surface area contributed by atoms with Gasteiger partial charge < -0.3 is 14.8 Å². The fourth-order valence-electron chi connectivity index (χ4n) is 2.54. The Bertz CT molecular complexity index is 943. The van der Waals surface area contributed by atoms with Gasteiger partial charge in [-0.15, -0.1) is 0 Å². The van der Waals surface area contributed by atoms with Gasteiger partial charge >= 0.3 is 0 Å². The lowest BCUT2D eigenvalue weighted by Gasteiger charge is -2.18. The van der Waals surface area contributed by atoms with E-state index in [1.165, 1.54) is 12.1 Å². The number of sulfone groups is 1. The Morgan fingerprint density at radius 1 is 1.12 bits per heavy atom. The number of nitrogens with one attached hydrogen (secondary N) is 1. The van der Waals surface area contributed by atoms with E-state index in [1.807, 2.05) is 6.92 Å². The van der Waals surface area contributed by atoms with Crippen LogP contribution >= 0.6 is 11.6 Å². The molecule has 0 aromatic heterocycles. The van der Waals surface area contributed by atoms with Gasteiger partial charge in [-0.1, -0.05) is 11.6 Å². The maximum Gasteiger partial charge on any atom is 0.225 e. The monoisotopic (exact) mass is 395 g/mol. The van der Waals surface area contributed by atoms with Crippen LogP contribution in [0, 0.1) is 6.92 Å². The minimum absolute atomic E-state index is 0.109. The smallest absolute Gasteiger partial charge is 0.225 e. The van der Waals surface area contributed by atoms with Crippen LogP contribution in [0.25, 0.3) is 0 Å². The number of carbonyl (C=O) groups is 1.